The lowest BCUT2D eigenvalue weighted by atomic mass is 10.1. The van der Waals surface area contributed by atoms with Gasteiger partial charge >= 0.3 is 0 Å². The molecule has 0 unspecified atom stereocenters. The number of carbonyl (C=O) groups is 1. The number of unbranched alkanes of at least 4 members (excludes halogenated alkanes) is 2. The zero-order valence-corrected chi connectivity index (χ0v) is 21.8. The number of carbonyl (C=O) groups excluding carboxylic acids is 1. The minimum absolute atomic E-state index is 0.227. The van der Waals surface area contributed by atoms with Crippen molar-refractivity contribution in [3.8, 4) is 0 Å². The van der Waals surface area contributed by atoms with Crippen LogP contribution in [0, 0.1) is 0 Å². The first-order valence-electron chi connectivity index (χ1n) is 11.9. The Bertz CT molecular complexity index is 1020. The summed E-state index contributed by atoms with van der Waals surface area (Å²) in [6.45, 7) is 11.4. The van der Waals surface area contributed by atoms with Crippen LogP contribution in [0.3, 0.4) is 0 Å². The predicted molar refractivity (Wildman–Crippen MR) is 134 cm³/mol. The van der Waals surface area contributed by atoms with Gasteiger partial charge in [0.05, 0.1) is 10.6 Å². The Hall–Kier alpha value is -1.81. The van der Waals surface area contributed by atoms with E-state index in [4.69, 9.17) is 0 Å². The van der Waals surface area contributed by atoms with Gasteiger partial charge in [0.1, 0.15) is 0 Å². The van der Waals surface area contributed by atoms with E-state index in [-0.39, 0.29) is 10.8 Å². The third kappa shape index (κ3) is 6.41. The van der Waals surface area contributed by atoms with Crippen LogP contribution in [0.5, 0.6) is 0 Å². The largest absolute Gasteiger partial charge is 0.298 e. The highest BCUT2D eigenvalue weighted by Gasteiger charge is 2.25. The number of sulfonamides is 1. The molecule has 2 heterocycles. The van der Waals surface area contributed by atoms with Crippen molar-refractivity contribution in [1.29, 1.82) is 0 Å². The van der Waals surface area contributed by atoms with E-state index in [0.717, 1.165) is 50.9 Å². The fourth-order valence-corrected chi connectivity index (χ4v) is 6.37. The minimum Gasteiger partial charge on any atom is -0.298 e. The molecule has 0 radical (unpaired) electrons. The molecule has 0 saturated carbocycles. The number of hydrogen-bond acceptors (Lipinski definition) is 6. The Morgan fingerprint density at radius 2 is 1.79 bits per heavy atom. The number of rotatable bonds is 11. The second-order valence-corrected chi connectivity index (χ2v) is 11.8. The fraction of sp³-hybridized carbons (Fsp3) is 0.583. The molecule has 1 amide bonds. The van der Waals surface area contributed by atoms with E-state index >= 15 is 0 Å². The zero-order valence-electron chi connectivity index (χ0n) is 20.1. The monoisotopic (exact) mass is 492 g/mol. The maximum Gasteiger partial charge on any atom is 0.257 e. The van der Waals surface area contributed by atoms with E-state index in [0.29, 0.717) is 29.8 Å². The molecule has 0 aliphatic carbocycles. The molecule has 0 fully saturated rings. The Morgan fingerprint density at radius 1 is 1.15 bits per heavy atom. The van der Waals surface area contributed by atoms with Crippen LogP contribution < -0.4 is 5.32 Å². The second-order valence-electron chi connectivity index (χ2n) is 8.79. The van der Waals surface area contributed by atoms with Gasteiger partial charge in [-0.05, 0) is 51.0 Å². The maximum atomic E-state index is 13.1. The molecule has 1 aromatic heterocycles. The first-order valence-corrected chi connectivity index (χ1v) is 14.2. The van der Waals surface area contributed by atoms with Gasteiger partial charge in [-0.3, -0.25) is 15.0 Å². The summed E-state index contributed by atoms with van der Waals surface area (Å²) >= 11 is 1.52. The van der Waals surface area contributed by atoms with Crippen molar-refractivity contribution in [2.24, 2.45) is 0 Å². The van der Waals surface area contributed by atoms with E-state index in [1.165, 1.54) is 28.3 Å². The molecule has 0 atom stereocenters. The summed E-state index contributed by atoms with van der Waals surface area (Å²) in [4.78, 5) is 21.2. The topological polar surface area (TPSA) is 82.6 Å². The third-order valence-corrected chi connectivity index (χ3v) is 8.90. The molecule has 9 heteroatoms. The summed E-state index contributed by atoms with van der Waals surface area (Å²) in [5.41, 5.74) is 1.48. The molecular formula is C24H36N4O3S2. The molecule has 1 aromatic carbocycles. The Balaban J connectivity index is 1.69. The van der Waals surface area contributed by atoms with E-state index in [1.807, 2.05) is 0 Å². The van der Waals surface area contributed by atoms with Gasteiger partial charge in [0.15, 0.2) is 5.13 Å². The molecular weight excluding hydrogens is 456 g/mol. The third-order valence-electron chi connectivity index (χ3n) is 5.99. The van der Waals surface area contributed by atoms with Gasteiger partial charge in [-0.2, -0.15) is 4.31 Å². The first-order chi connectivity index (χ1) is 15.8. The molecule has 182 valence electrons. The number of thiazole rings is 1. The van der Waals surface area contributed by atoms with Crippen molar-refractivity contribution in [2.45, 2.75) is 77.3 Å². The normalized spacial score (nSPS) is 14.6. The highest BCUT2D eigenvalue weighted by Crippen LogP contribution is 2.29. The van der Waals surface area contributed by atoms with Crippen molar-refractivity contribution in [1.82, 2.24) is 14.2 Å². The van der Waals surface area contributed by atoms with E-state index in [2.05, 4.69) is 42.9 Å². The average Bonchev–Trinajstić information content (AvgIpc) is 3.20. The van der Waals surface area contributed by atoms with Gasteiger partial charge in [0.25, 0.3) is 5.91 Å². The highest BCUT2D eigenvalue weighted by molar-refractivity contribution is 7.89. The van der Waals surface area contributed by atoms with E-state index in [9.17, 15) is 13.2 Å². The number of nitrogens with zero attached hydrogens (tertiary/aromatic N) is 3. The van der Waals surface area contributed by atoms with Crippen molar-refractivity contribution in [3.05, 3.63) is 40.4 Å². The van der Waals surface area contributed by atoms with Gasteiger partial charge < -0.3 is 0 Å². The zero-order chi connectivity index (χ0) is 24.0. The summed E-state index contributed by atoms with van der Waals surface area (Å²) in [6, 6.07) is 6.70. The predicted octanol–water partition coefficient (Wildman–Crippen LogP) is 4.75. The standard InChI is InChI=1S/C24H36N4O3S2/c1-5-7-14-28(15-8-6-2)33(30,31)20-11-9-19(10-12-20)23(29)26-24-25-21-13-16-27(18(3)4)17-22(21)32-24/h9-12,18H,5-8,13-17H2,1-4H3,(H,25,26,29). The number of benzene rings is 1. The molecule has 1 aliphatic heterocycles. The van der Waals surface area contributed by atoms with Gasteiger partial charge in [0.2, 0.25) is 10.0 Å². The number of aromatic nitrogens is 1. The van der Waals surface area contributed by atoms with Crippen LogP contribution >= 0.6 is 11.3 Å². The van der Waals surface area contributed by atoms with E-state index in [1.54, 1.807) is 16.4 Å². The quantitative estimate of drug-likeness (QED) is 0.489. The lowest BCUT2D eigenvalue weighted by Gasteiger charge is -2.29. The lowest BCUT2D eigenvalue weighted by Crippen LogP contribution is -2.35. The van der Waals surface area contributed by atoms with E-state index < -0.39 is 10.0 Å². The average molecular weight is 493 g/mol. The van der Waals surface area contributed by atoms with Crippen molar-refractivity contribution < 1.29 is 13.2 Å². The number of hydrogen-bond donors (Lipinski definition) is 1. The summed E-state index contributed by atoms with van der Waals surface area (Å²) in [5.74, 6) is -0.278. The van der Waals surface area contributed by atoms with Crippen LogP contribution in [0.25, 0.3) is 0 Å². The highest BCUT2D eigenvalue weighted by atomic mass is 32.2. The molecule has 2 aromatic rings. The number of fused-ring (bicyclic) bond motifs is 1. The van der Waals surface area contributed by atoms with Gasteiger partial charge in [-0.1, -0.05) is 26.7 Å². The van der Waals surface area contributed by atoms with Crippen LogP contribution in [0.2, 0.25) is 0 Å². The van der Waals surface area contributed by atoms with Crippen LogP contribution in [-0.2, 0) is 23.0 Å². The molecule has 0 saturated heterocycles. The van der Waals surface area contributed by atoms with Crippen molar-refractivity contribution in [2.75, 3.05) is 25.0 Å². The first kappa shape index (κ1) is 25.8. The Morgan fingerprint density at radius 3 is 2.36 bits per heavy atom. The van der Waals surface area contributed by atoms with Crippen molar-refractivity contribution >= 4 is 32.4 Å². The maximum absolute atomic E-state index is 13.1. The SMILES string of the molecule is CCCCN(CCCC)S(=O)(=O)c1ccc(C(=O)Nc2nc3c(s2)CN(C(C)C)CC3)cc1. The van der Waals surface area contributed by atoms with Crippen LogP contribution in [0.4, 0.5) is 5.13 Å². The fourth-order valence-electron chi connectivity index (χ4n) is 3.83. The molecule has 0 spiro atoms. The Labute approximate surface area is 202 Å². The van der Waals surface area contributed by atoms with Crippen LogP contribution in [0.1, 0.15) is 74.3 Å². The second kappa shape index (κ2) is 11.6. The summed E-state index contributed by atoms with van der Waals surface area (Å²) in [5, 5.41) is 3.48. The van der Waals surface area contributed by atoms with Crippen LogP contribution in [-0.4, -0.2) is 54.2 Å². The molecule has 0 bridgehead atoms. The number of amides is 1. The van der Waals surface area contributed by atoms with Gasteiger partial charge in [-0.25, -0.2) is 13.4 Å². The molecule has 7 nitrogen and oxygen atoms in total. The van der Waals surface area contributed by atoms with Gasteiger partial charge in [-0.15, -0.1) is 11.3 Å². The molecule has 3 rings (SSSR count). The summed E-state index contributed by atoms with van der Waals surface area (Å²) < 4.78 is 27.8. The number of nitrogens with one attached hydrogen (secondary N) is 1. The summed E-state index contributed by atoms with van der Waals surface area (Å²) in [6.07, 6.45) is 4.42. The van der Waals surface area contributed by atoms with Gasteiger partial charge in [0, 0.05) is 49.1 Å². The van der Waals surface area contributed by atoms with Crippen LogP contribution in [0.15, 0.2) is 29.2 Å². The number of anilines is 1. The lowest BCUT2D eigenvalue weighted by molar-refractivity contribution is 0.102. The smallest absolute Gasteiger partial charge is 0.257 e. The molecule has 1 aliphatic rings. The van der Waals surface area contributed by atoms with Crippen molar-refractivity contribution in [3.63, 3.8) is 0 Å². The molecule has 1 N–H and O–H groups in total. The molecule has 33 heavy (non-hydrogen) atoms. The Kier molecular flexibility index (Phi) is 9.03. The minimum atomic E-state index is -3.57. The summed E-state index contributed by atoms with van der Waals surface area (Å²) in [7, 11) is -3.57.